The number of amides is 2. The van der Waals surface area contributed by atoms with Crippen LogP contribution in [0.25, 0.3) is 0 Å². The molecule has 1 rings (SSSR count). The van der Waals surface area contributed by atoms with E-state index < -0.39 is 6.04 Å². The standard InChI is InChI=1S/C23H41N5O2/c1-2-10-22(29)28-21(19-20-11-4-3-5-12-20)23(30)27-18-9-17-26-16-8-15-25-14-7-6-13-24/h3-5,11-12,21,25-26H,2,6-10,13-19,24H2,1H3,(H,27,30)(H,28,29). The van der Waals surface area contributed by atoms with E-state index in [9.17, 15) is 9.59 Å². The number of hydrogen-bond acceptors (Lipinski definition) is 5. The molecule has 1 atom stereocenters. The Labute approximate surface area is 181 Å². The van der Waals surface area contributed by atoms with Crippen LogP contribution in [-0.2, 0) is 16.0 Å². The van der Waals surface area contributed by atoms with Crippen LogP contribution in [0, 0.1) is 0 Å². The Balaban J connectivity index is 2.20. The summed E-state index contributed by atoms with van der Waals surface area (Å²) in [7, 11) is 0. The van der Waals surface area contributed by atoms with Crippen molar-refractivity contribution in [3.8, 4) is 0 Å². The molecular formula is C23H41N5O2. The van der Waals surface area contributed by atoms with Crippen molar-refractivity contribution in [2.24, 2.45) is 5.73 Å². The van der Waals surface area contributed by atoms with Crippen LogP contribution >= 0.6 is 0 Å². The first-order valence-corrected chi connectivity index (χ1v) is 11.4. The third-order valence-corrected chi connectivity index (χ3v) is 4.76. The Hall–Kier alpha value is -1.96. The first kappa shape index (κ1) is 26.1. The fraction of sp³-hybridized carbons (Fsp3) is 0.652. The van der Waals surface area contributed by atoms with Gasteiger partial charge in [-0.05, 0) is 70.4 Å². The van der Waals surface area contributed by atoms with Gasteiger partial charge in [0.05, 0.1) is 0 Å². The molecular weight excluding hydrogens is 378 g/mol. The smallest absolute Gasteiger partial charge is 0.242 e. The predicted octanol–water partition coefficient (Wildman–Crippen LogP) is 1.33. The lowest BCUT2D eigenvalue weighted by Gasteiger charge is -2.19. The summed E-state index contributed by atoms with van der Waals surface area (Å²) >= 11 is 0. The molecule has 0 bridgehead atoms. The van der Waals surface area contributed by atoms with Crippen LogP contribution in [0.15, 0.2) is 30.3 Å². The van der Waals surface area contributed by atoms with E-state index in [0.717, 1.165) is 70.4 Å². The molecule has 0 heterocycles. The number of rotatable bonds is 18. The zero-order valence-corrected chi connectivity index (χ0v) is 18.6. The number of unbranched alkanes of at least 4 members (excludes halogenated alkanes) is 1. The molecule has 170 valence electrons. The molecule has 1 aromatic rings. The monoisotopic (exact) mass is 419 g/mol. The van der Waals surface area contributed by atoms with Gasteiger partial charge < -0.3 is 27.0 Å². The molecule has 0 radical (unpaired) electrons. The topological polar surface area (TPSA) is 108 Å². The van der Waals surface area contributed by atoms with Gasteiger partial charge in [-0.25, -0.2) is 0 Å². The number of benzene rings is 1. The Morgan fingerprint density at radius 3 is 2.17 bits per heavy atom. The van der Waals surface area contributed by atoms with Gasteiger partial charge in [0.2, 0.25) is 11.8 Å². The van der Waals surface area contributed by atoms with Crippen LogP contribution in [0.2, 0.25) is 0 Å². The quantitative estimate of drug-likeness (QED) is 0.231. The Morgan fingerprint density at radius 1 is 0.900 bits per heavy atom. The molecule has 30 heavy (non-hydrogen) atoms. The van der Waals surface area contributed by atoms with E-state index in [1.807, 2.05) is 37.3 Å². The fourth-order valence-electron chi connectivity index (χ4n) is 3.08. The average molecular weight is 420 g/mol. The number of nitrogens with two attached hydrogens (primary N) is 1. The molecule has 0 aliphatic rings. The summed E-state index contributed by atoms with van der Waals surface area (Å²) < 4.78 is 0. The number of carbonyl (C=O) groups excluding carboxylic acids is 2. The van der Waals surface area contributed by atoms with Gasteiger partial charge in [-0.2, -0.15) is 0 Å². The van der Waals surface area contributed by atoms with Crippen molar-refractivity contribution >= 4 is 11.8 Å². The lowest BCUT2D eigenvalue weighted by atomic mass is 10.0. The van der Waals surface area contributed by atoms with Crippen molar-refractivity contribution < 1.29 is 9.59 Å². The predicted molar refractivity (Wildman–Crippen MR) is 123 cm³/mol. The van der Waals surface area contributed by atoms with Gasteiger partial charge in [-0.3, -0.25) is 9.59 Å². The molecule has 0 aliphatic heterocycles. The normalized spacial score (nSPS) is 11.8. The third kappa shape index (κ3) is 13.3. The summed E-state index contributed by atoms with van der Waals surface area (Å²) in [6.45, 7) is 7.17. The molecule has 0 aliphatic carbocycles. The molecule has 2 amide bonds. The van der Waals surface area contributed by atoms with Crippen molar-refractivity contribution in [1.29, 1.82) is 0 Å². The number of carbonyl (C=O) groups is 2. The van der Waals surface area contributed by atoms with E-state index in [1.54, 1.807) is 0 Å². The molecule has 1 unspecified atom stereocenters. The lowest BCUT2D eigenvalue weighted by molar-refractivity contribution is -0.129. The minimum absolute atomic E-state index is 0.0770. The largest absolute Gasteiger partial charge is 0.354 e. The molecule has 0 spiro atoms. The minimum Gasteiger partial charge on any atom is -0.354 e. The first-order valence-electron chi connectivity index (χ1n) is 11.4. The van der Waals surface area contributed by atoms with E-state index in [4.69, 9.17) is 5.73 Å². The summed E-state index contributed by atoms with van der Waals surface area (Å²) in [5.41, 5.74) is 6.50. The van der Waals surface area contributed by atoms with Crippen molar-refractivity contribution in [3.05, 3.63) is 35.9 Å². The summed E-state index contributed by atoms with van der Waals surface area (Å²) in [6, 6.07) is 9.25. The van der Waals surface area contributed by atoms with Crippen LogP contribution in [-0.4, -0.2) is 57.1 Å². The maximum atomic E-state index is 12.6. The van der Waals surface area contributed by atoms with Crippen LogP contribution in [0.4, 0.5) is 0 Å². The Kier molecular flexibility index (Phi) is 15.5. The molecule has 0 saturated carbocycles. The maximum absolute atomic E-state index is 12.6. The van der Waals surface area contributed by atoms with Crippen molar-refractivity contribution in [3.63, 3.8) is 0 Å². The molecule has 1 aromatic carbocycles. The molecule has 7 heteroatoms. The van der Waals surface area contributed by atoms with E-state index in [-0.39, 0.29) is 11.8 Å². The summed E-state index contributed by atoms with van der Waals surface area (Å²) in [4.78, 5) is 24.6. The Bertz CT molecular complexity index is 568. The lowest BCUT2D eigenvalue weighted by Crippen LogP contribution is -2.48. The van der Waals surface area contributed by atoms with Crippen molar-refractivity contribution in [1.82, 2.24) is 21.3 Å². The second kappa shape index (κ2) is 17.9. The van der Waals surface area contributed by atoms with Gasteiger partial charge in [-0.1, -0.05) is 37.3 Å². The van der Waals surface area contributed by atoms with Gasteiger partial charge in [0, 0.05) is 19.4 Å². The van der Waals surface area contributed by atoms with Gasteiger partial charge in [0.25, 0.3) is 0 Å². The number of nitrogens with one attached hydrogen (secondary N) is 4. The van der Waals surface area contributed by atoms with Crippen LogP contribution < -0.4 is 27.0 Å². The highest BCUT2D eigenvalue weighted by Gasteiger charge is 2.20. The molecule has 0 saturated heterocycles. The third-order valence-electron chi connectivity index (χ3n) is 4.76. The van der Waals surface area contributed by atoms with Gasteiger partial charge in [-0.15, -0.1) is 0 Å². The molecule has 0 aromatic heterocycles. The van der Waals surface area contributed by atoms with Gasteiger partial charge in [0.15, 0.2) is 0 Å². The zero-order chi connectivity index (χ0) is 21.9. The first-order chi connectivity index (χ1) is 14.7. The van der Waals surface area contributed by atoms with E-state index in [1.165, 1.54) is 0 Å². The average Bonchev–Trinajstić information content (AvgIpc) is 2.75. The second-order valence-corrected chi connectivity index (χ2v) is 7.55. The van der Waals surface area contributed by atoms with Crippen LogP contribution in [0.3, 0.4) is 0 Å². The van der Waals surface area contributed by atoms with Gasteiger partial charge >= 0.3 is 0 Å². The van der Waals surface area contributed by atoms with Crippen molar-refractivity contribution in [2.45, 2.75) is 57.9 Å². The maximum Gasteiger partial charge on any atom is 0.242 e. The highest BCUT2D eigenvalue weighted by atomic mass is 16.2. The zero-order valence-electron chi connectivity index (χ0n) is 18.6. The van der Waals surface area contributed by atoms with Crippen molar-refractivity contribution in [2.75, 3.05) is 39.3 Å². The fourth-order valence-corrected chi connectivity index (χ4v) is 3.08. The summed E-state index contributed by atoms with van der Waals surface area (Å²) in [6.07, 6.45) is 5.84. The van der Waals surface area contributed by atoms with Crippen LogP contribution in [0.1, 0.15) is 51.0 Å². The summed E-state index contributed by atoms with van der Waals surface area (Å²) in [5, 5.41) is 12.6. The van der Waals surface area contributed by atoms with E-state index in [0.29, 0.717) is 19.4 Å². The van der Waals surface area contributed by atoms with E-state index >= 15 is 0 Å². The minimum atomic E-state index is -0.537. The molecule has 6 N–H and O–H groups in total. The van der Waals surface area contributed by atoms with E-state index in [2.05, 4.69) is 21.3 Å². The number of hydrogen-bond donors (Lipinski definition) is 5. The summed E-state index contributed by atoms with van der Waals surface area (Å²) in [5.74, 6) is -0.197. The van der Waals surface area contributed by atoms with Gasteiger partial charge in [0.1, 0.15) is 6.04 Å². The SMILES string of the molecule is CCCC(=O)NC(Cc1ccccc1)C(=O)NCCCNCCCNCCCCN. The highest BCUT2D eigenvalue weighted by molar-refractivity contribution is 5.87. The Morgan fingerprint density at radius 2 is 1.53 bits per heavy atom. The molecule has 0 fully saturated rings. The van der Waals surface area contributed by atoms with Crippen LogP contribution in [0.5, 0.6) is 0 Å². The molecule has 7 nitrogen and oxygen atoms in total. The highest BCUT2D eigenvalue weighted by Crippen LogP contribution is 2.04. The second-order valence-electron chi connectivity index (χ2n) is 7.55.